The fourth-order valence-corrected chi connectivity index (χ4v) is 1.68. The van der Waals surface area contributed by atoms with E-state index in [1.54, 1.807) is 0 Å². The van der Waals surface area contributed by atoms with Gasteiger partial charge >= 0.3 is 5.97 Å². The van der Waals surface area contributed by atoms with Crippen LogP contribution in [0.1, 0.15) is 20.7 Å². The van der Waals surface area contributed by atoms with Crippen molar-refractivity contribution in [1.29, 1.82) is 0 Å². The molecule has 0 aromatic heterocycles. The molecule has 4 nitrogen and oxygen atoms in total. The number of nitrogens with two attached hydrogens (primary N) is 1. The van der Waals surface area contributed by atoms with Crippen molar-refractivity contribution in [3.05, 3.63) is 28.3 Å². The van der Waals surface area contributed by atoms with E-state index in [4.69, 9.17) is 22.4 Å². The number of rotatable bonds is 3. The SMILES string of the molecule is Nc1c(C(=O)O)ccc(Cl)c1C(=O)CBr. The zero-order valence-corrected chi connectivity index (χ0v) is 9.80. The second-order valence-electron chi connectivity index (χ2n) is 2.75. The summed E-state index contributed by atoms with van der Waals surface area (Å²) in [7, 11) is 0. The largest absolute Gasteiger partial charge is 0.478 e. The Labute approximate surface area is 99.2 Å². The highest BCUT2D eigenvalue weighted by Gasteiger charge is 2.18. The Balaban J connectivity index is 3.43. The Hall–Kier alpha value is -1.07. The number of carboxylic acid groups (broad SMARTS) is 1. The number of ketones is 1. The molecular formula is C9H7BrClNO3. The number of hydrogen-bond acceptors (Lipinski definition) is 3. The van der Waals surface area contributed by atoms with Gasteiger partial charge in [-0.15, -0.1) is 0 Å². The van der Waals surface area contributed by atoms with Gasteiger partial charge in [-0.3, -0.25) is 4.79 Å². The summed E-state index contributed by atoms with van der Waals surface area (Å²) in [5, 5.41) is 8.99. The number of benzene rings is 1. The summed E-state index contributed by atoms with van der Waals surface area (Å²) in [5.74, 6) is -1.53. The van der Waals surface area contributed by atoms with Crippen molar-refractivity contribution in [1.82, 2.24) is 0 Å². The number of aromatic carboxylic acids is 1. The minimum absolute atomic E-state index is 0.0417. The number of nitrogen functional groups attached to an aromatic ring is 1. The minimum Gasteiger partial charge on any atom is -0.478 e. The maximum atomic E-state index is 11.4. The van der Waals surface area contributed by atoms with Crippen LogP contribution in [0.25, 0.3) is 0 Å². The number of hydrogen-bond donors (Lipinski definition) is 2. The third kappa shape index (κ3) is 2.30. The first-order valence-electron chi connectivity index (χ1n) is 3.89. The van der Waals surface area contributed by atoms with E-state index in [1.165, 1.54) is 12.1 Å². The molecule has 0 aliphatic carbocycles. The standard InChI is InChI=1S/C9H7BrClNO3/c10-3-6(13)7-5(11)2-1-4(8(7)12)9(14)15/h1-2H,3,12H2,(H,14,15). The van der Waals surface area contributed by atoms with Crippen molar-refractivity contribution >= 4 is 45.0 Å². The zero-order chi connectivity index (χ0) is 11.6. The number of carbonyl (C=O) groups is 2. The average Bonchev–Trinajstić information content (AvgIpc) is 2.16. The van der Waals surface area contributed by atoms with Gasteiger partial charge < -0.3 is 10.8 Å². The van der Waals surface area contributed by atoms with Crippen molar-refractivity contribution < 1.29 is 14.7 Å². The van der Waals surface area contributed by atoms with Crippen LogP contribution in [-0.4, -0.2) is 22.2 Å². The first kappa shape index (κ1) is 12.0. The van der Waals surface area contributed by atoms with Crippen LogP contribution in [0.5, 0.6) is 0 Å². The highest BCUT2D eigenvalue weighted by Crippen LogP contribution is 2.26. The third-order valence-corrected chi connectivity index (χ3v) is 2.65. The molecule has 0 amide bonds. The summed E-state index contributed by atoms with van der Waals surface area (Å²) in [6, 6.07) is 2.61. The lowest BCUT2D eigenvalue weighted by Crippen LogP contribution is -2.11. The molecule has 0 unspecified atom stereocenters. The topological polar surface area (TPSA) is 80.4 Å². The molecule has 1 aromatic carbocycles. The number of carbonyl (C=O) groups excluding carboxylic acids is 1. The molecular weight excluding hydrogens is 285 g/mol. The minimum atomic E-state index is -1.19. The Kier molecular flexibility index (Phi) is 3.71. The normalized spacial score (nSPS) is 10.0. The molecule has 0 bridgehead atoms. The lowest BCUT2D eigenvalue weighted by Gasteiger charge is -2.08. The molecule has 0 saturated heterocycles. The van der Waals surface area contributed by atoms with Gasteiger partial charge in [0.05, 0.1) is 27.2 Å². The lowest BCUT2D eigenvalue weighted by atomic mass is 10.0. The molecule has 15 heavy (non-hydrogen) atoms. The van der Waals surface area contributed by atoms with Gasteiger partial charge in [0, 0.05) is 0 Å². The number of alkyl halides is 1. The van der Waals surface area contributed by atoms with Crippen LogP contribution in [0.4, 0.5) is 5.69 Å². The van der Waals surface area contributed by atoms with E-state index in [0.717, 1.165) is 0 Å². The van der Waals surface area contributed by atoms with Crippen LogP contribution < -0.4 is 5.73 Å². The van der Waals surface area contributed by atoms with E-state index in [2.05, 4.69) is 15.9 Å². The summed E-state index contributed by atoms with van der Waals surface area (Å²) in [4.78, 5) is 22.2. The lowest BCUT2D eigenvalue weighted by molar-refractivity contribution is 0.0698. The van der Waals surface area contributed by atoms with Crippen molar-refractivity contribution in [2.24, 2.45) is 0 Å². The number of Topliss-reactive ketones (excluding diaryl/α,β-unsaturated/α-hetero) is 1. The van der Waals surface area contributed by atoms with Gasteiger partial charge in [0.2, 0.25) is 0 Å². The number of anilines is 1. The smallest absolute Gasteiger partial charge is 0.337 e. The van der Waals surface area contributed by atoms with Gasteiger partial charge in [0.25, 0.3) is 0 Å². The predicted molar refractivity (Wildman–Crippen MR) is 60.9 cm³/mol. The quantitative estimate of drug-likeness (QED) is 0.508. The molecule has 0 aliphatic heterocycles. The van der Waals surface area contributed by atoms with Crippen LogP contribution in [0.2, 0.25) is 5.02 Å². The first-order chi connectivity index (χ1) is 6.99. The summed E-state index contributed by atoms with van der Waals surface area (Å²) < 4.78 is 0. The highest BCUT2D eigenvalue weighted by molar-refractivity contribution is 9.09. The van der Waals surface area contributed by atoms with E-state index >= 15 is 0 Å². The summed E-state index contributed by atoms with van der Waals surface area (Å²) in [5.41, 5.74) is 5.38. The molecule has 80 valence electrons. The summed E-state index contributed by atoms with van der Waals surface area (Å²) in [6.45, 7) is 0. The van der Waals surface area contributed by atoms with Crippen LogP contribution >= 0.6 is 27.5 Å². The fourth-order valence-electron chi connectivity index (χ4n) is 1.13. The Morgan fingerprint density at radius 2 is 2.07 bits per heavy atom. The number of carboxylic acids is 1. The summed E-state index contributed by atoms with van der Waals surface area (Å²) in [6.07, 6.45) is 0. The van der Waals surface area contributed by atoms with Crippen LogP contribution in [0, 0.1) is 0 Å². The van der Waals surface area contributed by atoms with E-state index < -0.39 is 5.97 Å². The van der Waals surface area contributed by atoms with Gasteiger partial charge in [-0.05, 0) is 12.1 Å². The van der Waals surface area contributed by atoms with E-state index in [1.807, 2.05) is 0 Å². The predicted octanol–water partition coefficient (Wildman–Crippen LogP) is 2.20. The molecule has 6 heteroatoms. The molecule has 0 saturated carbocycles. The molecule has 1 aromatic rings. The van der Waals surface area contributed by atoms with E-state index in [9.17, 15) is 9.59 Å². The second-order valence-corrected chi connectivity index (χ2v) is 3.71. The molecule has 3 N–H and O–H groups in total. The van der Waals surface area contributed by atoms with Crippen LogP contribution in [0.15, 0.2) is 12.1 Å². The number of halogens is 2. The molecule has 0 spiro atoms. The van der Waals surface area contributed by atoms with Crippen molar-refractivity contribution in [3.8, 4) is 0 Å². The van der Waals surface area contributed by atoms with Crippen molar-refractivity contribution in [3.63, 3.8) is 0 Å². The highest BCUT2D eigenvalue weighted by atomic mass is 79.9. The molecule has 1 rings (SSSR count). The maximum absolute atomic E-state index is 11.4. The third-order valence-electron chi connectivity index (χ3n) is 1.83. The molecule has 0 heterocycles. The molecule has 0 atom stereocenters. The Morgan fingerprint density at radius 1 is 1.47 bits per heavy atom. The van der Waals surface area contributed by atoms with Gasteiger partial charge in [-0.2, -0.15) is 0 Å². The Morgan fingerprint density at radius 3 is 2.53 bits per heavy atom. The Bertz CT molecular complexity index is 434. The van der Waals surface area contributed by atoms with Gasteiger partial charge in [0.1, 0.15) is 0 Å². The first-order valence-corrected chi connectivity index (χ1v) is 5.39. The van der Waals surface area contributed by atoms with Crippen LogP contribution in [-0.2, 0) is 0 Å². The average molecular weight is 293 g/mol. The van der Waals surface area contributed by atoms with E-state index in [-0.39, 0.29) is 33.0 Å². The van der Waals surface area contributed by atoms with Gasteiger partial charge in [0.15, 0.2) is 5.78 Å². The monoisotopic (exact) mass is 291 g/mol. The van der Waals surface area contributed by atoms with Gasteiger partial charge in [-0.1, -0.05) is 27.5 Å². The molecule has 0 aliphatic rings. The molecule has 0 radical (unpaired) electrons. The zero-order valence-electron chi connectivity index (χ0n) is 7.46. The van der Waals surface area contributed by atoms with E-state index in [0.29, 0.717) is 0 Å². The van der Waals surface area contributed by atoms with Crippen molar-refractivity contribution in [2.45, 2.75) is 0 Å². The fraction of sp³-hybridized carbons (Fsp3) is 0.111. The van der Waals surface area contributed by atoms with Crippen molar-refractivity contribution in [2.75, 3.05) is 11.1 Å². The van der Waals surface area contributed by atoms with Crippen LogP contribution in [0.3, 0.4) is 0 Å². The summed E-state index contributed by atoms with van der Waals surface area (Å²) >= 11 is 8.74. The van der Waals surface area contributed by atoms with Gasteiger partial charge in [-0.25, -0.2) is 4.79 Å². The maximum Gasteiger partial charge on any atom is 0.337 e. The second kappa shape index (κ2) is 4.63. The molecule has 0 fully saturated rings.